The molecule has 0 spiro atoms. The molecule has 12 heavy (non-hydrogen) atoms. The summed E-state index contributed by atoms with van der Waals surface area (Å²) in [7, 11) is 0. The molecular weight excluding hydrogens is 150 g/mol. The van der Waals surface area contributed by atoms with Crippen molar-refractivity contribution in [1.82, 2.24) is 4.90 Å². The van der Waals surface area contributed by atoms with Crippen LogP contribution < -0.4 is 0 Å². The zero-order chi connectivity index (χ0) is 8.39. The Bertz CT molecular complexity index is 171. The summed E-state index contributed by atoms with van der Waals surface area (Å²) in [6.45, 7) is 3.88. The number of hydrogen-bond donors (Lipinski definition) is 1. The normalized spacial score (nSPS) is 40.8. The first kappa shape index (κ1) is 8.11. The predicted molar refractivity (Wildman–Crippen MR) is 49.0 cm³/mol. The molecule has 3 saturated heterocycles. The molecule has 2 bridgehead atoms. The summed E-state index contributed by atoms with van der Waals surface area (Å²) in [5.41, 5.74) is 0. The van der Waals surface area contributed by atoms with E-state index < -0.39 is 0 Å². The van der Waals surface area contributed by atoms with E-state index in [0.29, 0.717) is 0 Å². The van der Waals surface area contributed by atoms with Crippen LogP contribution in [0.5, 0.6) is 0 Å². The van der Waals surface area contributed by atoms with Gasteiger partial charge >= 0.3 is 0 Å². The Kier molecular flexibility index (Phi) is 2.35. The Labute approximate surface area is 73.9 Å². The van der Waals surface area contributed by atoms with Crippen molar-refractivity contribution < 1.29 is 5.11 Å². The number of hydrogen-bond acceptors (Lipinski definition) is 2. The van der Waals surface area contributed by atoms with Gasteiger partial charge in [0.25, 0.3) is 0 Å². The van der Waals surface area contributed by atoms with Gasteiger partial charge in [-0.2, -0.15) is 0 Å². The second-order valence-corrected chi connectivity index (χ2v) is 4.02. The zero-order valence-electron chi connectivity index (χ0n) is 7.45. The van der Waals surface area contributed by atoms with Crippen molar-refractivity contribution in [3.63, 3.8) is 0 Å². The molecular formula is C10H17NO. The molecule has 1 N–H and O–H groups in total. The van der Waals surface area contributed by atoms with Crippen LogP contribution in [0.3, 0.4) is 0 Å². The van der Waals surface area contributed by atoms with Crippen LogP contribution in [-0.2, 0) is 0 Å². The summed E-state index contributed by atoms with van der Waals surface area (Å²) in [6.07, 6.45) is 6.91. The highest BCUT2D eigenvalue weighted by atomic mass is 16.2. The highest BCUT2D eigenvalue weighted by molar-refractivity contribution is 4.90. The van der Waals surface area contributed by atoms with Gasteiger partial charge in [-0.15, -0.1) is 0 Å². The van der Waals surface area contributed by atoms with E-state index in [2.05, 4.69) is 4.90 Å². The zero-order valence-corrected chi connectivity index (χ0v) is 7.45. The molecule has 3 heterocycles. The molecule has 0 radical (unpaired) electrons. The van der Waals surface area contributed by atoms with E-state index in [1.54, 1.807) is 0 Å². The highest BCUT2D eigenvalue weighted by Gasteiger charge is 2.32. The number of piperidine rings is 3. The van der Waals surface area contributed by atoms with E-state index in [9.17, 15) is 0 Å². The van der Waals surface area contributed by atoms with Crippen LogP contribution in [0.25, 0.3) is 0 Å². The van der Waals surface area contributed by atoms with Crippen LogP contribution in [0.1, 0.15) is 19.3 Å². The van der Waals surface area contributed by atoms with E-state index in [1.165, 1.54) is 38.7 Å². The summed E-state index contributed by atoms with van der Waals surface area (Å²) in [4.78, 5) is 2.55. The smallest absolute Gasteiger partial charge is 0.0751 e. The molecule has 0 aromatic heterocycles. The predicted octanol–water partition coefficient (Wildman–Crippen LogP) is 1.79. The summed E-state index contributed by atoms with van der Waals surface area (Å²) in [6, 6.07) is 0. The van der Waals surface area contributed by atoms with Crippen molar-refractivity contribution in [2.24, 2.45) is 11.8 Å². The van der Waals surface area contributed by atoms with Crippen LogP contribution in [0.4, 0.5) is 0 Å². The average molecular weight is 167 g/mol. The molecule has 3 fully saturated rings. The van der Waals surface area contributed by atoms with Crippen molar-refractivity contribution in [3.05, 3.63) is 12.3 Å². The second-order valence-electron chi connectivity index (χ2n) is 4.02. The van der Waals surface area contributed by atoms with Crippen molar-refractivity contribution >= 4 is 0 Å². The molecule has 0 aliphatic carbocycles. The highest BCUT2D eigenvalue weighted by Crippen LogP contribution is 2.34. The lowest BCUT2D eigenvalue weighted by Crippen LogP contribution is -2.47. The van der Waals surface area contributed by atoms with Crippen LogP contribution >= 0.6 is 0 Å². The van der Waals surface area contributed by atoms with E-state index in [4.69, 9.17) is 5.11 Å². The molecule has 2 nitrogen and oxygen atoms in total. The fourth-order valence-electron chi connectivity index (χ4n) is 2.59. The molecule has 3 aliphatic heterocycles. The maximum Gasteiger partial charge on any atom is 0.0751 e. The first-order chi connectivity index (χ1) is 5.90. The Morgan fingerprint density at radius 2 is 2.08 bits per heavy atom. The molecule has 0 unspecified atom stereocenters. The maximum absolute atomic E-state index is 8.57. The molecule has 1 atom stereocenters. The van der Waals surface area contributed by atoms with Crippen LogP contribution in [-0.4, -0.2) is 29.6 Å². The summed E-state index contributed by atoms with van der Waals surface area (Å²) in [5.74, 6) is 1.75. The Morgan fingerprint density at radius 1 is 1.33 bits per heavy atom. The number of nitrogens with zero attached hydrogens (tertiary/aromatic N) is 1. The minimum Gasteiger partial charge on any atom is -0.516 e. The molecule has 3 rings (SSSR count). The van der Waals surface area contributed by atoms with E-state index in [-0.39, 0.29) is 0 Å². The fourth-order valence-corrected chi connectivity index (χ4v) is 2.59. The molecule has 0 amide bonds. The molecule has 0 saturated carbocycles. The molecule has 0 aromatic carbocycles. The van der Waals surface area contributed by atoms with Crippen molar-refractivity contribution in [1.29, 1.82) is 0 Å². The largest absolute Gasteiger partial charge is 0.516 e. The third kappa shape index (κ3) is 1.48. The minimum absolute atomic E-state index is 0.816. The first-order valence-electron chi connectivity index (χ1n) is 4.91. The van der Waals surface area contributed by atoms with Gasteiger partial charge in [0.1, 0.15) is 0 Å². The molecule has 3 aliphatic rings. The second kappa shape index (κ2) is 3.48. The minimum atomic E-state index is 0.816. The van der Waals surface area contributed by atoms with E-state index in [1.807, 2.05) is 6.08 Å². The monoisotopic (exact) mass is 167 g/mol. The topological polar surface area (TPSA) is 23.5 Å². The van der Waals surface area contributed by atoms with E-state index >= 15 is 0 Å². The van der Waals surface area contributed by atoms with Gasteiger partial charge in [-0.25, -0.2) is 0 Å². The standard InChI is InChI=1S/C10H17NO/c12-7-1-2-10-8-11-5-3-9(10)4-6-11/h1,7,9-10,12H,2-6,8H2/b7-1-/t10-/m0/s1. The van der Waals surface area contributed by atoms with Crippen LogP contribution in [0.2, 0.25) is 0 Å². The first-order valence-corrected chi connectivity index (χ1v) is 4.91. The van der Waals surface area contributed by atoms with Gasteiger partial charge in [-0.1, -0.05) is 0 Å². The van der Waals surface area contributed by atoms with E-state index in [0.717, 1.165) is 18.3 Å². The lowest BCUT2D eigenvalue weighted by Gasteiger charge is -2.44. The Morgan fingerprint density at radius 3 is 2.58 bits per heavy atom. The summed E-state index contributed by atoms with van der Waals surface area (Å²) in [5, 5.41) is 8.57. The molecule has 2 heteroatoms. The van der Waals surface area contributed by atoms with Gasteiger partial charge in [0, 0.05) is 6.54 Å². The van der Waals surface area contributed by atoms with Crippen molar-refractivity contribution in [3.8, 4) is 0 Å². The van der Waals surface area contributed by atoms with Gasteiger partial charge in [-0.3, -0.25) is 0 Å². The maximum atomic E-state index is 8.57. The molecule has 68 valence electrons. The lowest BCUT2D eigenvalue weighted by atomic mass is 9.77. The number of allylic oxidation sites excluding steroid dienone is 1. The lowest BCUT2D eigenvalue weighted by molar-refractivity contribution is 0.0524. The SMILES string of the molecule is O/C=C\C[C@H]1CN2CCC1CC2. The van der Waals surface area contributed by atoms with Crippen molar-refractivity contribution in [2.45, 2.75) is 19.3 Å². The van der Waals surface area contributed by atoms with Gasteiger partial charge in [-0.05, 0) is 50.3 Å². The third-order valence-corrected chi connectivity index (χ3v) is 3.34. The number of aliphatic hydroxyl groups excluding tert-OH is 1. The quantitative estimate of drug-likeness (QED) is 0.634. The van der Waals surface area contributed by atoms with Gasteiger partial charge in [0.15, 0.2) is 0 Å². The molecule has 0 aromatic rings. The van der Waals surface area contributed by atoms with Gasteiger partial charge < -0.3 is 10.0 Å². The van der Waals surface area contributed by atoms with Crippen molar-refractivity contribution in [2.75, 3.05) is 19.6 Å². The van der Waals surface area contributed by atoms with Crippen LogP contribution in [0, 0.1) is 11.8 Å². The third-order valence-electron chi connectivity index (χ3n) is 3.34. The van der Waals surface area contributed by atoms with Crippen LogP contribution in [0.15, 0.2) is 12.3 Å². The Balaban J connectivity index is 1.90. The summed E-state index contributed by atoms with van der Waals surface area (Å²) < 4.78 is 0. The number of fused-ring (bicyclic) bond motifs is 3. The van der Waals surface area contributed by atoms with Gasteiger partial charge in [0.2, 0.25) is 0 Å². The number of aliphatic hydroxyl groups is 1. The van der Waals surface area contributed by atoms with Gasteiger partial charge in [0.05, 0.1) is 6.26 Å². The Hall–Kier alpha value is -0.500. The fraction of sp³-hybridized carbons (Fsp3) is 0.800. The number of rotatable bonds is 2. The average Bonchev–Trinajstić information content (AvgIpc) is 2.17. The summed E-state index contributed by atoms with van der Waals surface area (Å²) >= 11 is 0.